The Morgan fingerprint density at radius 3 is 2.64 bits per heavy atom. The van der Waals surface area contributed by atoms with E-state index >= 15 is 0 Å². The van der Waals surface area contributed by atoms with Gasteiger partial charge < -0.3 is 19.8 Å². The monoisotopic (exact) mass is 310 g/mol. The molecule has 0 saturated heterocycles. The molecule has 6 heteroatoms. The molecule has 2 atom stereocenters. The zero-order valence-electron chi connectivity index (χ0n) is 14.4. The summed E-state index contributed by atoms with van der Waals surface area (Å²) in [6.07, 6.45) is 1.72. The molecule has 1 rings (SSSR count). The number of rotatable bonds is 9. The summed E-state index contributed by atoms with van der Waals surface area (Å²) in [5.41, 5.74) is 0. The molecule has 2 N–H and O–H groups in total. The molecule has 1 heterocycles. The first-order valence-electron chi connectivity index (χ1n) is 7.89. The van der Waals surface area contributed by atoms with Crippen LogP contribution in [0.5, 0.6) is 0 Å². The van der Waals surface area contributed by atoms with Gasteiger partial charge in [-0.2, -0.15) is 0 Å². The van der Waals surface area contributed by atoms with Crippen LogP contribution in [0.4, 0.5) is 0 Å². The number of aliphatic imine (C=N–C) groups is 1. The molecule has 0 radical (unpaired) electrons. The minimum atomic E-state index is 0.182. The van der Waals surface area contributed by atoms with Crippen LogP contribution < -0.4 is 10.6 Å². The SMILES string of the molecule is CCN(CC)C(CNC(=NC)NC(C)COC)c1ccco1. The summed E-state index contributed by atoms with van der Waals surface area (Å²) in [6, 6.07) is 4.33. The van der Waals surface area contributed by atoms with Gasteiger partial charge >= 0.3 is 0 Å². The molecule has 0 fully saturated rings. The predicted octanol–water partition coefficient (Wildman–Crippen LogP) is 1.86. The summed E-state index contributed by atoms with van der Waals surface area (Å²) in [4.78, 5) is 6.62. The lowest BCUT2D eigenvalue weighted by atomic mass is 10.2. The average molecular weight is 310 g/mol. The van der Waals surface area contributed by atoms with Crippen LogP contribution in [0.15, 0.2) is 27.8 Å². The Bertz CT molecular complexity index is 416. The van der Waals surface area contributed by atoms with E-state index < -0.39 is 0 Å². The Labute approximate surface area is 133 Å². The van der Waals surface area contributed by atoms with Crippen molar-refractivity contribution in [1.82, 2.24) is 15.5 Å². The number of ether oxygens (including phenoxy) is 1. The van der Waals surface area contributed by atoms with Crippen LogP contribution in [0, 0.1) is 0 Å². The van der Waals surface area contributed by atoms with Gasteiger partial charge in [-0.05, 0) is 32.1 Å². The van der Waals surface area contributed by atoms with Crippen LogP contribution in [0.25, 0.3) is 0 Å². The number of methoxy groups -OCH3 is 1. The molecule has 22 heavy (non-hydrogen) atoms. The first-order chi connectivity index (χ1) is 10.7. The molecule has 2 unspecified atom stereocenters. The quantitative estimate of drug-likeness (QED) is 0.538. The fourth-order valence-corrected chi connectivity index (χ4v) is 2.47. The van der Waals surface area contributed by atoms with Crippen LogP contribution in [-0.2, 0) is 4.74 Å². The Hall–Kier alpha value is -1.53. The van der Waals surface area contributed by atoms with E-state index in [-0.39, 0.29) is 12.1 Å². The molecule has 0 aromatic carbocycles. The molecule has 0 bridgehead atoms. The number of nitrogens with zero attached hydrogens (tertiary/aromatic N) is 2. The van der Waals surface area contributed by atoms with Crippen LogP contribution in [0.2, 0.25) is 0 Å². The summed E-state index contributed by atoms with van der Waals surface area (Å²) >= 11 is 0. The molecule has 0 saturated carbocycles. The zero-order valence-corrected chi connectivity index (χ0v) is 14.4. The summed E-state index contributed by atoms with van der Waals surface area (Å²) in [5, 5.41) is 6.69. The lowest BCUT2D eigenvalue weighted by Gasteiger charge is -2.29. The Morgan fingerprint density at radius 2 is 2.14 bits per heavy atom. The van der Waals surface area contributed by atoms with E-state index in [1.54, 1.807) is 20.4 Å². The van der Waals surface area contributed by atoms with Crippen molar-refractivity contribution in [1.29, 1.82) is 0 Å². The van der Waals surface area contributed by atoms with Gasteiger partial charge in [0, 0.05) is 26.7 Å². The summed E-state index contributed by atoms with van der Waals surface area (Å²) in [5.74, 6) is 1.74. The standard InChI is InChI=1S/C16H30N4O2/c1-6-20(7-2)14(15-9-8-10-22-15)11-18-16(17-4)19-13(3)12-21-5/h8-10,13-14H,6-7,11-12H2,1-5H3,(H2,17,18,19). The highest BCUT2D eigenvalue weighted by atomic mass is 16.5. The minimum Gasteiger partial charge on any atom is -0.468 e. The van der Waals surface area contributed by atoms with Gasteiger partial charge in [-0.3, -0.25) is 9.89 Å². The molecule has 0 aliphatic rings. The minimum absolute atomic E-state index is 0.182. The van der Waals surface area contributed by atoms with Gasteiger partial charge in [-0.25, -0.2) is 0 Å². The lowest BCUT2D eigenvalue weighted by molar-refractivity contribution is 0.178. The fourth-order valence-electron chi connectivity index (χ4n) is 2.47. The molecule has 1 aromatic heterocycles. The van der Waals surface area contributed by atoms with Crippen molar-refractivity contribution in [3.05, 3.63) is 24.2 Å². The van der Waals surface area contributed by atoms with Crippen LogP contribution >= 0.6 is 0 Å². The Balaban J connectivity index is 2.66. The summed E-state index contributed by atoms with van der Waals surface area (Å²) < 4.78 is 10.7. The fraction of sp³-hybridized carbons (Fsp3) is 0.688. The van der Waals surface area contributed by atoms with E-state index in [0.717, 1.165) is 31.4 Å². The Morgan fingerprint density at radius 1 is 1.41 bits per heavy atom. The molecular formula is C16H30N4O2. The molecule has 0 spiro atoms. The molecule has 126 valence electrons. The van der Waals surface area contributed by atoms with E-state index in [1.165, 1.54) is 0 Å². The van der Waals surface area contributed by atoms with Gasteiger partial charge in [-0.15, -0.1) is 0 Å². The molecule has 0 aliphatic carbocycles. The van der Waals surface area contributed by atoms with Gasteiger partial charge in [0.15, 0.2) is 5.96 Å². The highest BCUT2D eigenvalue weighted by Gasteiger charge is 2.21. The second-order valence-electron chi connectivity index (χ2n) is 5.21. The third-order valence-corrected chi connectivity index (χ3v) is 3.61. The van der Waals surface area contributed by atoms with Crippen molar-refractivity contribution in [2.24, 2.45) is 4.99 Å². The van der Waals surface area contributed by atoms with Crippen LogP contribution in [-0.4, -0.2) is 57.3 Å². The molecular weight excluding hydrogens is 280 g/mol. The number of likely N-dealkylation sites (N-methyl/N-ethyl adjacent to an activating group) is 1. The van der Waals surface area contributed by atoms with Crippen molar-refractivity contribution < 1.29 is 9.15 Å². The summed E-state index contributed by atoms with van der Waals surface area (Å²) in [7, 11) is 3.47. The third kappa shape index (κ3) is 5.69. The van der Waals surface area contributed by atoms with E-state index in [4.69, 9.17) is 9.15 Å². The number of hydrogen-bond acceptors (Lipinski definition) is 4. The van der Waals surface area contributed by atoms with E-state index in [2.05, 4.69) is 41.3 Å². The van der Waals surface area contributed by atoms with E-state index in [1.807, 2.05) is 12.1 Å². The van der Waals surface area contributed by atoms with Gasteiger partial charge in [0.1, 0.15) is 5.76 Å². The van der Waals surface area contributed by atoms with Crippen molar-refractivity contribution in [3.8, 4) is 0 Å². The first-order valence-corrected chi connectivity index (χ1v) is 7.89. The van der Waals surface area contributed by atoms with Gasteiger partial charge in [-0.1, -0.05) is 13.8 Å². The third-order valence-electron chi connectivity index (χ3n) is 3.61. The number of hydrogen-bond donors (Lipinski definition) is 2. The highest BCUT2D eigenvalue weighted by Crippen LogP contribution is 2.20. The van der Waals surface area contributed by atoms with Crippen molar-refractivity contribution in [2.75, 3.05) is 40.4 Å². The average Bonchev–Trinajstić information content (AvgIpc) is 3.04. The Kier molecular flexibility index (Phi) is 8.62. The molecule has 6 nitrogen and oxygen atoms in total. The highest BCUT2D eigenvalue weighted by molar-refractivity contribution is 5.79. The van der Waals surface area contributed by atoms with E-state index in [9.17, 15) is 0 Å². The summed E-state index contributed by atoms with van der Waals surface area (Å²) in [6.45, 7) is 9.68. The molecule has 1 aromatic rings. The topological polar surface area (TPSA) is 62.0 Å². The maximum Gasteiger partial charge on any atom is 0.191 e. The van der Waals surface area contributed by atoms with Crippen molar-refractivity contribution in [3.63, 3.8) is 0 Å². The lowest BCUT2D eigenvalue weighted by Crippen LogP contribution is -2.47. The molecule has 0 aliphatic heterocycles. The predicted molar refractivity (Wildman–Crippen MR) is 90.2 cm³/mol. The second kappa shape index (κ2) is 10.2. The normalized spacial score (nSPS) is 14.9. The largest absolute Gasteiger partial charge is 0.468 e. The van der Waals surface area contributed by atoms with Gasteiger partial charge in [0.25, 0.3) is 0 Å². The van der Waals surface area contributed by atoms with Gasteiger partial charge in [0.2, 0.25) is 0 Å². The number of nitrogens with one attached hydrogen (secondary N) is 2. The van der Waals surface area contributed by atoms with Crippen LogP contribution in [0.1, 0.15) is 32.6 Å². The van der Waals surface area contributed by atoms with Crippen molar-refractivity contribution >= 4 is 5.96 Å². The maximum atomic E-state index is 5.60. The first kappa shape index (κ1) is 18.5. The molecule has 0 amide bonds. The smallest absolute Gasteiger partial charge is 0.191 e. The number of guanidine groups is 1. The van der Waals surface area contributed by atoms with Gasteiger partial charge in [0.05, 0.1) is 18.9 Å². The van der Waals surface area contributed by atoms with Crippen molar-refractivity contribution in [2.45, 2.75) is 32.9 Å². The van der Waals surface area contributed by atoms with Crippen LogP contribution in [0.3, 0.4) is 0 Å². The second-order valence-corrected chi connectivity index (χ2v) is 5.21. The number of furan rings is 1. The zero-order chi connectivity index (χ0) is 16.4. The van der Waals surface area contributed by atoms with E-state index in [0.29, 0.717) is 6.61 Å². The maximum absolute atomic E-state index is 5.60.